The largest absolute Gasteiger partial charge is 0.504 e. The third-order valence-corrected chi connectivity index (χ3v) is 4.43. The molecule has 116 valence electrons. The zero-order valence-electron chi connectivity index (χ0n) is 12.6. The summed E-state index contributed by atoms with van der Waals surface area (Å²) in [6, 6.07) is 5.94. The second-order valence-corrected chi connectivity index (χ2v) is 11.5. The number of carboxylic acid groups (broad SMARTS) is 1. The molecule has 0 heterocycles. The zero-order chi connectivity index (χ0) is 15.9. The van der Waals surface area contributed by atoms with Gasteiger partial charge in [-0.3, -0.25) is 0 Å². The Morgan fingerprint density at radius 2 is 2.05 bits per heavy atom. The van der Waals surface area contributed by atoms with Crippen LogP contribution in [0.2, 0.25) is 25.7 Å². The van der Waals surface area contributed by atoms with E-state index in [1.807, 2.05) is 0 Å². The molecule has 0 aliphatic rings. The molecule has 0 spiro atoms. The van der Waals surface area contributed by atoms with E-state index in [0.29, 0.717) is 12.2 Å². The fraction of sp³-hybridized carbons (Fsp3) is 0.400. The third kappa shape index (κ3) is 6.96. The molecular weight excluding hydrogens is 288 g/mol. The summed E-state index contributed by atoms with van der Waals surface area (Å²) in [5, 5.41) is 18.6. The van der Waals surface area contributed by atoms with Crippen LogP contribution in [0.3, 0.4) is 0 Å². The van der Waals surface area contributed by atoms with Crippen LogP contribution < -0.4 is 4.74 Å². The Morgan fingerprint density at radius 1 is 1.33 bits per heavy atom. The van der Waals surface area contributed by atoms with Gasteiger partial charge in [0.2, 0.25) is 0 Å². The van der Waals surface area contributed by atoms with Crippen LogP contribution in [0.15, 0.2) is 24.3 Å². The van der Waals surface area contributed by atoms with Gasteiger partial charge in [0.05, 0.1) is 0 Å². The number of phenols is 1. The third-order valence-electron chi connectivity index (χ3n) is 2.73. The average molecular weight is 310 g/mol. The summed E-state index contributed by atoms with van der Waals surface area (Å²) in [7, 11) is -1.12. The summed E-state index contributed by atoms with van der Waals surface area (Å²) in [5.41, 5.74) is 0.386. The fourth-order valence-electron chi connectivity index (χ4n) is 1.49. The van der Waals surface area contributed by atoms with Crippen molar-refractivity contribution in [1.29, 1.82) is 0 Å². The van der Waals surface area contributed by atoms with E-state index in [1.165, 1.54) is 6.08 Å². The molecule has 0 saturated carbocycles. The van der Waals surface area contributed by atoms with Crippen molar-refractivity contribution in [3.05, 3.63) is 29.8 Å². The maximum absolute atomic E-state index is 10.5. The maximum Gasteiger partial charge on any atom is 0.328 e. The normalized spacial score (nSPS) is 11.8. The number of rotatable bonds is 8. The predicted octanol–water partition coefficient (Wildman–Crippen LogP) is 3.18. The minimum absolute atomic E-state index is 0.0597. The van der Waals surface area contributed by atoms with E-state index in [9.17, 15) is 9.90 Å². The highest BCUT2D eigenvalue weighted by Gasteiger charge is 2.12. The lowest BCUT2D eigenvalue weighted by Gasteiger charge is -2.15. The van der Waals surface area contributed by atoms with Gasteiger partial charge in [0.1, 0.15) is 0 Å². The lowest BCUT2D eigenvalue weighted by atomic mass is 10.1. The maximum atomic E-state index is 10.5. The van der Waals surface area contributed by atoms with E-state index in [1.54, 1.807) is 18.2 Å². The molecule has 21 heavy (non-hydrogen) atoms. The van der Waals surface area contributed by atoms with Gasteiger partial charge in [-0.05, 0) is 18.2 Å². The van der Waals surface area contributed by atoms with Gasteiger partial charge in [-0.15, -0.1) is 0 Å². The number of hydrogen-bond donors (Lipinski definition) is 2. The second kappa shape index (κ2) is 7.85. The van der Waals surface area contributed by atoms with Gasteiger partial charge in [-0.25, -0.2) is 4.79 Å². The highest BCUT2D eigenvalue weighted by Crippen LogP contribution is 2.30. The van der Waals surface area contributed by atoms with Crippen LogP contribution in [0, 0.1) is 0 Å². The Hall–Kier alpha value is -1.79. The number of carboxylic acids is 1. The monoisotopic (exact) mass is 310 g/mol. The van der Waals surface area contributed by atoms with Crippen molar-refractivity contribution in [2.24, 2.45) is 0 Å². The average Bonchev–Trinajstić information content (AvgIpc) is 2.37. The van der Waals surface area contributed by atoms with Gasteiger partial charge in [0, 0.05) is 26.3 Å². The zero-order valence-corrected chi connectivity index (χ0v) is 13.6. The molecule has 0 bridgehead atoms. The van der Waals surface area contributed by atoms with Gasteiger partial charge in [0.25, 0.3) is 0 Å². The quantitative estimate of drug-likeness (QED) is 0.334. The molecule has 0 aromatic heterocycles. The molecule has 0 aliphatic carbocycles. The first kappa shape index (κ1) is 17.3. The highest BCUT2D eigenvalue weighted by molar-refractivity contribution is 6.76. The van der Waals surface area contributed by atoms with Gasteiger partial charge in [-0.1, -0.05) is 31.8 Å². The van der Waals surface area contributed by atoms with Crippen molar-refractivity contribution in [1.82, 2.24) is 0 Å². The van der Waals surface area contributed by atoms with Crippen LogP contribution in [-0.2, 0) is 9.53 Å². The Morgan fingerprint density at radius 3 is 2.67 bits per heavy atom. The molecule has 0 fully saturated rings. The van der Waals surface area contributed by atoms with Gasteiger partial charge in [-0.2, -0.15) is 0 Å². The van der Waals surface area contributed by atoms with E-state index < -0.39 is 14.0 Å². The number of aliphatic carboxylic acids is 1. The van der Waals surface area contributed by atoms with Crippen molar-refractivity contribution in [2.75, 3.05) is 13.4 Å². The minimum Gasteiger partial charge on any atom is -0.504 e. The number of phenolic OH excluding ortho intramolecular Hbond substituents is 1. The Labute approximate surface area is 125 Å². The Kier molecular flexibility index (Phi) is 6.45. The highest BCUT2D eigenvalue weighted by atomic mass is 28.3. The first-order valence-corrected chi connectivity index (χ1v) is 10.4. The molecule has 1 aromatic rings. The summed E-state index contributed by atoms with van der Waals surface area (Å²) >= 11 is 0. The van der Waals surface area contributed by atoms with Crippen LogP contribution in [0.4, 0.5) is 0 Å². The molecule has 0 atom stereocenters. The number of hydrogen-bond acceptors (Lipinski definition) is 4. The molecule has 0 saturated heterocycles. The van der Waals surface area contributed by atoms with Crippen molar-refractivity contribution < 1.29 is 24.5 Å². The first-order chi connectivity index (χ1) is 9.79. The van der Waals surface area contributed by atoms with Crippen molar-refractivity contribution in [3.8, 4) is 11.5 Å². The molecule has 0 unspecified atom stereocenters. The van der Waals surface area contributed by atoms with E-state index in [0.717, 1.165) is 12.1 Å². The Bertz CT molecular complexity index is 505. The fourth-order valence-corrected chi connectivity index (χ4v) is 2.25. The molecule has 6 heteroatoms. The van der Waals surface area contributed by atoms with E-state index in [4.69, 9.17) is 14.6 Å². The van der Waals surface area contributed by atoms with Crippen LogP contribution in [0.1, 0.15) is 5.56 Å². The standard InChI is InChI=1S/C15H22O5Si/c1-21(2,3)10-9-19-11-20-13-6-4-5-12(15(13)18)7-8-14(16)17/h4-8,18H,9-11H2,1-3H3,(H,16,17)/b8-7+. The smallest absolute Gasteiger partial charge is 0.328 e. The summed E-state index contributed by atoms with van der Waals surface area (Å²) in [6.45, 7) is 7.49. The number of carbonyl (C=O) groups is 1. The first-order valence-electron chi connectivity index (χ1n) is 6.73. The number of aromatic hydroxyl groups is 1. The van der Waals surface area contributed by atoms with Crippen LogP contribution in [-0.4, -0.2) is 37.7 Å². The van der Waals surface area contributed by atoms with Gasteiger partial charge in [0.15, 0.2) is 18.3 Å². The summed E-state index contributed by atoms with van der Waals surface area (Å²) in [5.74, 6) is -0.894. The topological polar surface area (TPSA) is 76.0 Å². The van der Waals surface area contributed by atoms with Crippen LogP contribution in [0.5, 0.6) is 11.5 Å². The van der Waals surface area contributed by atoms with Crippen molar-refractivity contribution in [2.45, 2.75) is 25.7 Å². The second-order valence-electron chi connectivity index (χ2n) is 5.85. The number of ether oxygens (including phenoxy) is 2. The van der Waals surface area contributed by atoms with Crippen LogP contribution >= 0.6 is 0 Å². The molecular formula is C15H22O5Si. The van der Waals surface area contributed by atoms with Crippen LogP contribution in [0.25, 0.3) is 6.08 Å². The molecule has 2 N–H and O–H groups in total. The SMILES string of the molecule is C[Si](C)(C)CCOCOc1cccc(/C=C/C(=O)O)c1O. The summed E-state index contributed by atoms with van der Waals surface area (Å²) in [4.78, 5) is 10.5. The Balaban J connectivity index is 2.52. The molecule has 0 amide bonds. The minimum atomic E-state index is -1.12. The lowest BCUT2D eigenvalue weighted by molar-refractivity contribution is -0.131. The summed E-state index contributed by atoms with van der Waals surface area (Å²) in [6.07, 6.45) is 2.28. The molecule has 0 aliphatic heterocycles. The van der Waals surface area contributed by atoms with E-state index >= 15 is 0 Å². The van der Waals surface area contributed by atoms with E-state index in [-0.39, 0.29) is 18.3 Å². The number of benzene rings is 1. The number of para-hydroxylation sites is 1. The van der Waals surface area contributed by atoms with Gasteiger partial charge >= 0.3 is 5.97 Å². The van der Waals surface area contributed by atoms with Gasteiger partial charge < -0.3 is 19.7 Å². The molecule has 1 rings (SSSR count). The van der Waals surface area contributed by atoms with Crippen molar-refractivity contribution >= 4 is 20.1 Å². The van der Waals surface area contributed by atoms with E-state index in [2.05, 4.69) is 19.6 Å². The summed E-state index contributed by atoms with van der Waals surface area (Å²) < 4.78 is 10.8. The molecule has 5 nitrogen and oxygen atoms in total. The molecule has 0 radical (unpaired) electrons. The lowest BCUT2D eigenvalue weighted by Crippen LogP contribution is -2.22. The molecule has 1 aromatic carbocycles. The predicted molar refractivity (Wildman–Crippen MR) is 84.4 cm³/mol. The van der Waals surface area contributed by atoms with Crippen molar-refractivity contribution in [3.63, 3.8) is 0 Å².